The van der Waals surface area contributed by atoms with Gasteiger partial charge < -0.3 is 14.2 Å². The van der Waals surface area contributed by atoms with Crippen LogP contribution >= 0.6 is 22.6 Å². The Bertz CT molecular complexity index is 1270. The third-order valence-electron chi connectivity index (χ3n) is 4.74. The second-order valence-electron chi connectivity index (χ2n) is 7.14. The Morgan fingerprint density at radius 3 is 2.19 bits per heavy atom. The predicted molar refractivity (Wildman–Crippen MR) is 127 cm³/mol. The molecule has 0 radical (unpaired) electrons. The average molecular weight is 624 g/mol. The molecule has 0 spiro atoms. The molecule has 3 rings (SSSR count). The molecular formula is C23H18F5IN2O5. The first kappa shape index (κ1) is 27.4. The standard InChI is InChI=1S/C23H18F5IN2O5/c1-4-34-14-8-11(7-13(29)22(14)36-9-15(32)35-5-2)6-12-10(3)30-31(23(12)33)21-19(27)17(25)16(24)18(26)20(21)28/h6-8H,4-5,9H2,1-3H3/b12-6+. The van der Waals surface area contributed by atoms with Gasteiger partial charge >= 0.3 is 5.97 Å². The summed E-state index contributed by atoms with van der Waals surface area (Å²) in [5.41, 5.74) is -1.29. The van der Waals surface area contributed by atoms with E-state index in [1.165, 1.54) is 19.1 Å². The van der Waals surface area contributed by atoms with Crippen molar-refractivity contribution in [2.24, 2.45) is 5.10 Å². The third-order valence-corrected chi connectivity index (χ3v) is 5.54. The number of benzene rings is 2. The SMILES string of the molecule is CCOC(=O)COc1c(I)cc(/C=C2/C(=O)N(c3c(F)c(F)c(F)c(F)c3F)N=C2C)cc1OCC. The van der Waals surface area contributed by atoms with Gasteiger partial charge in [-0.05, 0) is 67.1 Å². The van der Waals surface area contributed by atoms with Crippen LogP contribution in [0.15, 0.2) is 22.8 Å². The lowest BCUT2D eigenvalue weighted by atomic mass is 10.1. The van der Waals surface area contributed by atoms with Gasteiger partial charge in [-0.2, -0.15) is 10.1 Å². The molecule has 192 valence electrons. The minimum absolute atomic E-state index is 0.0282. The lowest BCUT2D eigenvalue weighted by molar-refractivity contribution is -0.145. The molecule has 36 heavy (non-hydrogen) atoms. The Kier molecular flexibility index (Phi) is 8.53. The van der Waals surface area contributed by atoms with Gasteiger partial charge in [0.15, 0.2) is 41.4 Å². The van der Waals surface area contributed by atoms with E-state index in [0.29, 0.717) is 9.13 Å². The van der Waals surface area contributed by atoms with Gasteiger partial charge in [0.2, 0.25) is 5.82 Å². The van der Waals surface area contributed by atoms with Crippen LogP contribution in [0.1, 0.15) is 26.3 Å². The number of anilines is 1. The highest BCUT2D eigenvalue weighted by atomic mass is 127. The van der Waals surface area contributed by atoms with Crippen molar-refractivity contribution in [1.82, 2.24) is 0 Å². The molecule has 0 aliphatic carbocycles. The van der Waals surface area contributed by atoms with Crippen LogP contribution in [0.25, 0.3) is 6.08 Å². The maximum atomic E-state index is 14.3. The van der Waals surface area contributed by atoms with E-state index >= 15 is 0 Å². The van der Waals surface area contributed by atoms with Crippen molar-refractivity contribution < 1.29 is 45.8 Å². The minimum Gasteiger partial charge on any atom is -0.490 e. The third kappa shape index (κ3) is 5.29. The van der Waals surface area contributed by atoms with E-state index in [9.17, 15) is 31.5 Å². The number of hydrogen-bond acceptors (Lipinski definition) is 6. The molecule has 0 saturated carbocycles. The summed E-state index contributed by atoms with van der Waals surface area (Å²) in [6, 6.07) is 3.05. The summed E-state index contributed by atoms with van der Waals surface area (Å²) in [4.78, 5) is 24.5. The van der Waals surface area contributed by atoms with E-state index in [-0.39, 0.29) is 47.6 Å². The molecule has 0 bridgehead atoms. The molecule has 0 N–H and O–H groups in total. The van der Waals surface area contributed by atoms with Crippen LogP contribution in [-0.2, 0) is 14.3 Å². The quantitative estimate of drug-likeness (QED) is 0.102. The maximum absolute atomic E-state index is 14.3. The number of hydrogen-bond donors (Lipinski definition) is 0. The molecule has 0 atom stereocenters. The molecule has 1 amide bonds. The van der Waals surface area contributed by atoms with Crippen LogP contribution in [0.5, 0.6) is 11.5 Å². The van der Waals surface area contributed by atoms with Gasteiger partial charge in [0.25, 0.3) is 5.91 Å². The lowest BCUT2D eigenvalue weighted by Crippen LogP contribution is -2.25. The van der Waals surface area contributed by atoms with E-state index in [4.69, 9.17) is 14.2 Å². The van der Waals surface area contributed by atoms with Crippen molar-refractivity contribution >= 4 is 51.9 Å². The number of hydrazone groups is 1. The molecule has 1 aliphatic heterocycles. The molecule has 1 aliphatic rings. The largest absolute Gasteiger partial charge is 0.490 e. The summed E-state index contributed by atoms with van der Waals surface area (Å²) in [5, 5.41) is 3.83. The zero-order valence-corrected chi connectivity index (χ0v) is 21.2. The van der Waals surface area contributed by atoms with E-state index in [1.807, 2.05) is 22.6 Å². The number of esters is 1. The number of nitrogens with zero attached hydrogens (tertiary/aromatic N) is 2. The summed E-state index contributed by atoms with van der Waals surface area (Å²) < 4.78 is 85.7. The number of amides is 1. The van der Waals surface area contributed by atoms with Gasteiger partial charge in [0.05, 0.1) is 28.1 Å². The first-order valence-corrected chi connectivity index (χ1v) is 11.5. The topological polar surface area (TPSA) is 77.4 Å². The normalized spacial score (nSPS) is 14.4. The summed E-state index contributed by atoms with van der Waals surface area (Å²) in [7, 11) is 0. The number of rotatable bonds is 8. The average Bonchev–Trinajstić information content (AvgIpc) is 3.09. The van der Waals surface area contributed by atoms with E-state index < -0.39 is 46.6 Å². The lowest BCUT2D eigenvalue weighted by Gasteiger charge is -2.15. The van der Waals surface area contributed by atoms with E-state index in [0.717, 1.165) is 0 Å². The Labute approximate surface area is 215 Å². The molecule has 0 saturated heterocycles. The fraction of sp³-hybridized carbons (Fsp3) is 0.261. The van der Waals surface area contributed by atoms with Crippen LogP contribution in [0, 0.1) is 32.7 Å². The highest BCUT2D eigenvalue weighted by molar-refractivity contribution is 14.1. The molecule has 13 heteroatoms. The zero-order chi connectivity index (χ0) is 26.7. The highest BCUT2D eigenvalue weighted by Gasteiger charge is 2.37. The van der Waals surface area contributed by atoms with Crippen LogP contribution in [0.4, 0.5) is 27.6 Å². The summed E-state index contributed by atoms with van der Waals surface area (Å²) in [6.45, 7) is 4.75. The second kappa shape index (κ2) is 11.2. The van der Waals surface area contributed by atoms with Crippen molar-refractivity contribution in [3.8, 4) is 11.5 Å². The molecule has 0 aromatic heterocycles. The predicted octanol–water partition coefficient (Wildman–Crippen LogP) is 5.13. The molecule has 0 unspecified atom stereocenters. The molecule has 2 aromatic carbocycles. The smallest absolute Gasteiger partial charge is 0.344 e. The second-order valence-corrected chi connectivity index (χ2v) is 8.30. The van der Waals surface area contributed by atoms with Crippen molar-refractivity contribution in [2.75, 3.05) is 24.8 Å². The Hall–Kier alpha value is -3.23. The van der Waals surface area contributed by atoms with Crippen LogP contribution in [-0.4, -0.2) is 37.4 Å². The van der Waals surface area contributed by atoms with Crippen molar-refractivity contribution in [3.63, 3.8) is 0 Å². The first-order valence-electron chi connectivity index (χ1n) is 10.4. The maximum Gasteiger partial charge on any atom is 0.344 e. The van der Waals surface area contributed by atoms with Crippen molar-refractivity contribution in [1.29, 1.82) is 0 Å². The summed E-state index contributed by atoms with van der Waals surface area (Å²) in [6.07, 6.45) is 1.31. The molecule has 0 fully saturated rings. The van der Waals surface area contributed by atoms with Gasteiger partial charge in [-0.15, -0.1) is 0 Å². The Morgan fingerprint density at radius 2 is 1.61 bits per heavy atom. The molecular weight excluding hydrogens is 606 g/mol. The number of halogens is 6. The summed E-state index contributed by atoms with van der Waals surface area (Å²) >= 11 is 1.92. The van der Waals surface area contributed by atoms with Gasteiger partial charge in [-0.25, -0.2) is 26.7 Å². The minimum atomic E-state index is -2.35. The molecule has 7 nitrogen and oxygen atoms in total. The van der Waals surface area contributed by atoms with Crippen LogP contribution < -0.4 is 14.5 Å². The fourth-order valence-electron chi connectivity index (χ4n) is 3.19. The zero-order valence-electron chi connectivity index (χ0n) is 19.1. The highest BCUT2D eigenvalue weighted by Crippen LogP contribution is 2.37. The van der Waals surface area contributed by atoms with Crippen molar-refractivity contribution in [2.45, 2.75) is 20.8 Å². The number of ether oxygens (including phenoxy) is 3. The Morgan fingerprint density at radius 1 is 1.00 bits per heavy atom. The van der Waals surface area contributed by atoms with Crippen LogP contribution in [0.2, 0.25) is 0 Å². The van der Waals surface area contributed by atoms with E-state index in [2.05, 4.69) is 5.10 Å². The number of carbonyl (C=O) groups is 2. The van der Waals surface area contributed by atoms with Gasteiger partial charge in [0, 0.05) is 0 Å². The molecule has 1 heterocycles. The monoisotopic (exact) mass is 624 g/mol. The Balaban J connectivity index is 1.99. The molecule has 2 aromatic rings. The van der Waals surface area contributed by atoms with Gasteiger partial charge in [0.1, 0.15) is 5.69 Å². The van der Waals surface area contributed by atoms with Gasteiger partial charge in [-0.1, -0.05) is 0 Å². The summed E-state index contributed by atoms with van der Waals surface area (Å²) in [5.74, 6) is -12.3. The van der Waals surface area contributed by atoms with Gasteiger partial charge in [-0.3, -0.25) is 4.79 Å². The first-order chi connectivity index (χ1) is 17.0. The fourth-order valence-corrected chi connectivity index (χ4v) is 3.97. The van der Waals surface area contributed by atoms with Crippen LogP contribution in [0.3, 0.4) is 0 Å². The van der Waals surface area contributed by atoms with E-state index in [1.54, 1.807) is 19.9 Å². The number of carbonyl (C=O) groups excluding carboxylic acids is 2. The van der Waals surface area contributed by atoms with Crippen molar-refractivity contribution in [3.05, 3.63) is 55.9 Å².